The smallest absolute Gasteiger partial charge is 0.408 e. The number of hydrogen-bond donors (Lipinski definition) is 2. The second-order valence-electron chi connectivity index (χ2n) is 14.2. The number of hydrogen-bond acceptors (Lipinski definition) is 10. The number of carbonyl (C=O) groups is 4. The number of fused-ring (bicyclic) bond motifs is 2. The molecule has 1 aliphatic carbocycles. The molecule has 3 aromatic rings. The summed E-state index contributed by atoms with van der Waals surface area (Å²) in [4.78, 5) is 78.9. The van der Waals surface area contributed by atoms with Crippen LogP contribution < -0.4 is 16.2 Å². The summed E-state index contributed by atoms with van der Waals surface area (Å²) in [5.41, 5.74) is -1.83. The lowest BCUT2D eigenvalue weighted by Crippen LogP contribution is -2.56. The molecular formula is C35H45N9O7. The van der Waals surface area contributed by atoms with E-state index in [2.05, 4.69) is 25.7 Å². The summed E-state index contributed by atoms with van der Waals surface area (Å²) in [5.74, 6) is -1.84. The van der Waals surface area contributed by atoms with Gasteiger partial charge >= 0.3 is 12.1 Å². The van der Waals surface area contributed by atoms with E-state index in [0.717, 1.165) is 19.3 Å². The number of carbonyl (C=O) groups excluding carboxylic acids is 4. The fourth-order valence-corrected chi connectivity index (χ4v) is 6.88. The van der Waals surface area contributed by atoms with Crippen molar-refractivity contribution in [3.63, 3.8) is 0 Å². The van der Waals surface area contributed by atoms with E-state index in [1.807, 2.05) is 12.2 Å². The van der Waals surface area contributed by atoms with Crippen LogP contribution in [0.5, 0.6) is 0 Å². The molecule has 0 bridgehead atoms. The summed E-state index contributed by atoms with van der Waals surface area (Å²) in [6, 6.07) is -2.83. The van der Waals surface area contributed by atoms with Gasteiger partial charge in [0.05, 0.1) is 37.2 Å². The molecule has 1 saturated heterocycles. The van der Waals surface area contributed by atoms with E-state index in [9.17, 15) is 24.0 Å². The molecule has 2 aliphatic heterocycles. The van der Waals surface area contributed by atoms with Crippen LogP contribution in [0, 0.1) is 5.92 Å². The average Bonchev–Trinajstić information content (AvgIpc) is 3.60. The molecule has 16 heteroatoms. The van der Waals surface area contributed by atoms with Crippen LogP contribution in [0.2, 0.25) is 0 Å². The summed E-state index contributed by atoms with van der Waals surface area (Å²) in [6.07, 6.45) is 18.0. The lowest BCUT2D eigenvalue weighted by Gasteiger charge is -2.30. The first-order valence-electron chi connectivity index (χ1n) is 17.5. The highest BCUT2D eigenvalue weighted by Crippen LogP contribution is 2.46. The predicted molar refractivity (Wildman–Crippen MR) is 183 cm³/mol. The number of esters is 1. The Morgan fingerprint density at radius 3 is 2.49 bits per heavy atom. The van der Waals surface area contributed by atoms with Crippen molar-refractivity contribution in [2.45, 2.75) is 102 Å². The monoisotopic (exact) mass is 703 g/mol. The third-order valence-electron chi connectivity index (χ3n) is 9.44. The first-order chi connectivity index (χ1) is 24.4. The standard InChI is InChI=1S/C35H45N9O7/c1-5-50-32(48)35-18-23(35)11-9-7-6-8-10-12-25(39-33(49)51-34(2,3)4)30(46)43-20-24(17-26(43)29(45)40-35)44-31(47)28(42-16-14-37-22-42)27(19-38-44)41-15-13-36-21-41/h9,11,13-16,19,21-26H,5-8,10,12,17-18,20H2,1-4H3,(H,39,49)(H,40,45)/t23-,24-,25+,26+,35-/m1/s1. The van der Waals surface area contributed by atoms with Crippen LogP contribution >= 0.6 is 0 Å². The van der Waals surface area contributed by atoms with Gasteiger partial charge in [0, 0.05) is 43.7 Å². The number of alkyl carbamates (subject to hydrolysis) is 1. The van der Waals surface area contributed by atoms with Crippen molar-refractivity contribution in [3.8, 4) is 11.4 Å². The van der Waals surface area contributed by atoms with Crippen LogP contribution in [0.25, 0.3) is 11.4 Å². The molecule has 16 nitrogen and oxygen atoms in total. The Kier molecular flexibility index (Phi) is 10.1. The SMILES string of the molecule is CCOC(=O)[C@@]12C[C@H]1C=CCCCCC[C@H](NC(=O)OC(C)(C)C)C(=O)N1C[C@H](n3ncc(-n4ccnc4)c(-n4ccnc4)c3=O)C[C@H]1C(=O)N2. The molecule has 0 radical (unpaired) electrons. The first kappa shape index (κ1) is 35.5. The molecule has 51 heavy (non-hydrogen) atoms. The van der Waals surface area contributed by atoms with Crippen molar-refractivity contribution in [1.82, 2.24) is 44.4 Å². The van der Waals surface area contributed by atoms with Crippen LogP contribution in [0.15, 0.2) is 60.6 Å². The summed E-state index contributed by atoms with van der Waals surface area (Å²) >= 11 is 0. The van der Waals surface area contributed by atoms with Crippen LogP contribution in [-0.2, 0) is 23.9 Å². The number of ether oxygens (including phenoxy) is 2. The largest absolute Gasteiger partial charge is 0.464 e. The van der Waals surface area contributed by atoms with Gasteiger partial charge in [-0.3, -0.25) is 19.0 Å². The van der Waals surface area contributed by atoms with Crippen LogP contribution in [0.3, 0.4) is 0 Å². The molecule has 0 spiro atoms. The normalized spacial score (nSPS) is 25.5. The molecule has 1 saturated carbocycles. The van der Waals surface area contributed by atoms with Gasteiger partial charge < -0.3 is 29.6 Å². The molecule has 3 aliphatic rings. The number of nitrogens with zero attached hydrogens (tertiary/aromatic N) is 7. The lowest BCUT2D eigenvalue weighted by atomic mass is 10.0. The molecule has 2 N–H and O–H groups in total. The predicted octanol–water partition coefficient (Wildman–Crippen LogP) is 2.61. The van der Waals surface area contributed by atoms with E-state index >= 15 is 0 Å². The van der Waals surface area contributed by atoms with Crippen molar-refractivity contribution in [2.24, 2.45) is 5.92 Å². The Bertz CT molecular complexity index is 1830. The Labute approximate surface area is 295 Å². The van der Waals surface area contributed by atoms with Gasteiger partial charge in [-0.05, 0) is 53.4 Å². The van der Waals surface area contributed by atoms with Gasteiger partial charge in [0.15, 0.2) is 0 Å². The minimum Gasteiger partial charge on any atom is -0.464 e. The van der Waals surface area contributed by atoms with Gasteiger partial charge in [-0.2, -0.15) is 5.10 Å². The Hall–Kier alpha value is -5.28. The summed E-state index contributed by atoms with van der Waals surface area (Å²) < 4.78 is 15.4. The van der Waals surface area contributed by atoms with Crippen molar-refractivity contribution < 1.29 is 28.7 Å². The highest BCUT2D eigenvalue weighted by molar-refractivity contribution is 5.96. The molecule has 3 amide bonds. The maximum Gasteiger partial charge on any atom is 0.408 e. The van der Waals surface area contributed by atoms with Crippen LogP contribution in [0.4, 0.5) is 4.79 Å². The van der Waals surface area contributed by atoms with Gasteiger partial charge in [0.1, 0.15) is 28.9 Å². The molecule has 0 unspecified atom stereocenters. The van der Waals surface area contributed by atoms with Crippen molar-refractivity contribution in [1.29, 1.82) is 0 Å². The molecule has 5 heterocycles. The number of nitrogens with one attached hydrogen (secondary N) is 2. The van der Waals surface area contributed by atoms with E-state index in [1.54, 1.807) is 67.9 Å². The lowest BCUT2D eigenvalue weighted by molar-refractivity contribution is -0.150. The maximum absolute atomic E-state index is 14.5. The first-order valence-corrected chi connectivity index (χ1v) is 17.5. The third-order valence-corrected chi connectivity index (χ3v) is 9.44. The van der Waals surface area contributed by atoms with Gasteiger partial charge in [0.25, 0.3) is 5.56 Å². The number of amides is 3. The number of imidazole rings is 2. The molecule has 5 atom stereocenters. The Balaban J connectivity index is 1.38. The zero-order valence-corrected chi connectivity index (χ0v) is 29.4. The van der Waals surface area contributed by atoms with E-state index < -0.39 is 58.7 Å². The maximum atomic E-state index is 14.5. The van der Waals surface area contributed by atoms with Gasteiger partial charge in [-0.1, -0.05) is 25.0 Å². The van der Waals surface area contributed by atoms with Gasteiger partial charge in [-0.15, -0.1) is 0 Å². The molecule has 272 valence electrons. The fourth-order valence-electron chi connectivity index (χ4n) is 6.88. The van der Waals surface area contributed by atoms with Gasteiger partial charge in [-0.25, -0.2) is 24.2 Å². The molecule has 3 aromatic heterocycles. The van der Waals surface area contributed by atoms with Crippen molar-refractivity contribution in [3.05, 3.63) is 66.1 Å². The molecule has 6 rings (SSSR count). The van der Waals surface area contributed by atoms with E-state index in [0.29, 0.717) is 24.9 Å². The quantitative estimate of drug-likeness (QED) is 0.286. The average molecular weight is 704 g/mol. The molecule has 2 fully saturated rings. The summed E-state index contributed by atoms with van der Waals surface area (Å²) in [7, 11) is 0. The summed E-state index contributed by atoms with van der Waals surface area (Å²) in [5, 5.41) is 10.2. The summed E-state index contributed by atoms with van der Waals surface area (Å²) in [6.45, 7) is 6.99. The minimum atomic E-state index is -1.26. The Morgan fingerprint density at radius 1 is 1.06 bits per heavy atom. The number of aromatic nitrogens is 6. The number of rotatable bonds is 6. The fraction of sp³-hybridized carbons (Fsp3) is 0.543. The van der Waals surface area contributed by atoms with Crippen molar-refractivity contribution >= 4 is 23.9 Å². The highest BCUT2D eigenvalue weighted by Gasteiger charge is 2.62. The zero-order chi connectivity index (χ0) is 36.3. The zero-order valence-electron chi connectivity index (χ0n) is 29.4. The van der Waals surface area contributed by atoms with E-state index in [1.165, 1.54) is 22.1 Å². The van der Waals surface area contributed by atoms with E-state index in [4.69, 9.17) is 9.47 Å². The molecular weight excluding hydrogens is 658 g/mol. The second-order valence-corrected chi connectivity index (χ2v) is 14.2. The number of allylic oxidation sites excluding steroid dienone is 1. The van der Waals surface area contributed by atoms with Crippen LogP contribution in [0.1, 0.15) is 78.7 Å². The molecule has 0 aromatic carbocycles. The highest BCUT2D eigenvalue weighted by atomic mass is 16.6. The van der Waals surface area contributed by atoms with Crippen molar-refractivity contribution in [2.75, 3.05) is 13.2 Å². The van der Waals surface area contributed by atoms with Crippen LogP contribution in [-0.4, -0.2) is 94.0 Å². The minimum absolute atomic E-state index is 0.0246. The van der Waals surface area contributed by atoms with E-state index in [-0.39, 0.29) is 31.2 Å². The Morgan fingerprint density at radius 2 is 1.80 bits per heavy atom. The third kappa shape index (κ3) is 7.59. The topological polar surface area (TPSA) is 185 Å². The second kappa shape index (κ2) is 14.5. The van der Waals surface area contributed by atoms with Gasteiger partial charge in [0.2, 0.25) is 11.8 Å².